The normalized spacial score (nSPS) is 17.8. The van der Waals surface area contributed by atoms with Crippen LogP contribution in [-0.2, 0) is 4.79 Å². The zero-order chi connectivity index (χ0) is 15.6. The zero-order valence-corrected chi connectivity index (χ0v) is 13.8. The van der Waals surface area contributed by atoms with Gasteiger partial charge in [0.15, 0.2) is 0 Å². The fourth-order valence-electron chi connectivity index (χ4n) is 2.76. The molecule has 1 aliphatic rings. The van der Waals surface area contributed by atoms with Crippen molar-refractivity contribution in [1.29, 1.82) is 0 Å². The second-order valence-electron chi connectivity index (χ2n) is 5.81. The molecule has 3 N–H and O–H groups in total. The number of hydrogen-bond donors (Lipinski definition) is 3. The van der Waals surface area contributed by atoms with Crippen LogP contribution in [0.15, 0.2) is 0 Å². The number of urea groups is 1. The second kappa shape index (κ2) is 9.92. The molecule has 1 rings (SSSR count). The molecular formula is C15H28N2O3S. The van der Waals surface area contributed by atoms with Gasteiger partial charge < -0.3 is 15.7 Å². The van der Waals surface area contributed by atoms with E-state index in [1.807, 2.05) is 0 Å². The van der Waals surface area contributed by atoms with Gasteiger partial charge in [0.1, 0.15) is 0 Å². The van der Waals surface area contributed by atoms with Crippen LogP contribution in [-0.4, -0.2) is 42.2 Å². The van der Waals surface area contributed by atoms with Crippen molar-refractivity contribution in [2.45, 2.75) is 51.4 Å². The molecule has 0 saturated heterocycles. The summed E-state index contributed by atoms with van der Waals surface area (Å²) in [5.41, 5.74) is -0.771. The minimum absolute atomic E-state index is 0.235. The molecule has 1 saturated carbocycles. The lowest BCUT2D eigenvalue weighted by molar-refractivity contribution is -0.149. The van der Waals surface area contributed by atoms with E-state index in [1.165, 1.54) is 0 Å². The SMILES string of the molecule is CSCCCCNC(=O)NCC1(C(=O)O)CCCCCC1. The molecule has 0 aromatic carbocycles. The average Bonchev–Trinajstić information content (AvgIpc) is 2.71. The predicted octanol–water partition coefficient (Wildman–Crippen LogP) is 2.85. The lowest BCUT2D eigenvalue weighted by Crippen LogP contribution is -2.46. The van der Waals surface area contributed by atoms with Crippen LogP contribution in [0.3, 0.4) is 0 Å². The van der Waals surface area contributed by atoms with Crippen LogP contribution in [0.25, 0.3) is 0 Å². The molecule has 0 atom stereocenters. The predicted molar refractivity (Wildman–Crippen MR) is 86.8 cm³/mol. The second-order valence-corrected chi connectivity index (χ2v) is 6.79. The van der Waals surface area contributed by atoms with E-state index in [1.54, 1.807) is 11.8 Å². The number of rotatable bonds is 8. The van der Waals surface area contributed by atoms with Crippen LogP contribution in [0, 0.1) is 5.41 Å². The van der Waals surface area contributed by atoms with Crippen molar-refractivity contribution in [3.05, 3.63) is 0 Å². The number of carbonyl (C=O) groups is 2. The van der Waals surface area contributed by atoms with Gasteiger partial charge in [-0.1, -0.05) is 25.7 Å². The van der Waals surface area contributed by atoms with Crippen molar-refractivity contribution < 1.29 is 14.7 Å². The Hall–Kier alpha value is -0.910. The molecule has 0 aromatic heterocycles. The van der Waals surface area contributed by atoms with E-state index in [-0.39, 0.29) is 12.6 Å². The zero-order valence-electron chi connectivity index (χ0n) is 13.0. The van der Waals surface area contributed by atoms with Gasteiger partial charge in [-0.25, -0.2) is 4.79 Å². The average molecular weight is 316 g/mol. The van der Waals surface area contributed by atoms with E-state index in [2.05, 4.69) is 16.9 Å². The molecule has 0 radical (unpaired) electrons. The molecule has 0 aliphatic heterocycles. The molecule has 1 fully saturated rings. The number of hydrogen-bond acceptors (Lipinski definition) is 3. The standard InChI is InChI=1S/C15H28N2O3S/c1-21-11-7-6-10-16-14(20)17-12-15(13(18)19)8-4-2-3-5-9-15/h2-12H2,1H3,(H,18,19)(H2,16,17,20). The van der Waals surface area contributed by atoms with Crippen LogP contribution >= 0.6 is 11.8 Å². The first-order chi connectivity index (χ1) is 10.1. The monoisotopic (exact) mass is 316 g/mol. The Morgan fingerprint density at radius 1 is 1.10 bits per heavy atom. The van der Waals surface area contributed by atoms with Gasteiger partial charge in [0, 0.05) is 13.1 Å². The maximum absolute atomic E-state index is 11.7. The highest BCUT2D eigenvalue weighted by molar-refractivity contribution is 7.98. The number of amides is 2. The molecule has 5 nitrogen and oxygen atoms in total. The maximum atomic E-state index is 11.7. The molecule has 0 heterocycles. The highest BCUT2D eigenvalue weighted by Gasteiger charge is 2.38. The van der Waals surface area contributed by atoms with Gasteiger partial charge in [0.25, 0.3) is 0 Å². The molecule has 2 amide bonds. The number of thioether (sulfide) groups is 1. The first-order valence-corrected chi connectivity index (χ1v) is 9.24. The summed E-state index contributed by atoms with van der Waals surface area (Å²) in [6.07, 6.45) is 9.49. The van der Waals surface area contributed by atoms with E-state index in [4.69, 9.17) is 0 Å². The molecule has 21 heavy (non-hydrogen) atoms. The van der Waals surface area contributed by atoms with Gasteiger partial charge in [0.2, 0.25) is 0 Å². The molecule has 0 aromatic rings. The Balaban J connectivity index is 2.32. The first kappa shape index (κ1) is 18.1. The molecular weight excluding hydrogens is 288 g/mol. The number of aliphatic carboxylic acids is 1. The van der Waals surface area contributed by atoms with Crippen LogP contribution in [0.1, 0.15) is 51.4 Å². The molecule has 0 bridgehead atoms. The number of unbranched alkanes of at least 4 members (excludes halogenated alkanes) is 1. The highest BCUT2D eigenvalue weighted by Crippen LogP contribution is 2.34. The fourth-order valence-corrected chi connectivity index (χ4v) is 3.25. The first-order valence-electron chi connectivity index (χ1n) is 7.85. The lowest BCUT2D eigenvalue weighted by atomic mass is 9.80. The minimum atomic E-state index is -0.773. The lowest BCUT2D eigenvalue weighted by Gasteiger charge is -2.28. The fraction of sp³-hybridized carbons (Fsp3) is 0.867. The Labute approximate surface area is 131 Å². The number of carbonyl (C=O) groups excluding carboxylic acids is 1. The summed E-state index contributed by atoms with van der Waals surface area (Å²) in [6.45, 7) is 0.880. The van der Waals surface area contributed by atoms with Gasteiger partial charge >= 0.3 is 12.0 Å². The third-order valence-electron chi connectivity index (χ3n) is 4.16. The maximum Gasteiger partial charge on any atom is 0.314 e. The van der Waals surface area contributed by atoms with Gasteiger partial charge in [-0.15, -0.1) is 0 Å². The van der Waals surface area contributed by atoms with Crippen molar-refractivity contribution in [3.63, 3.8) is 0 Å². The van der Waals surface area contributed by atoms with Crippen molar-refractivity contribution in [3.8, 4) is 0 Å². The summed E-state index contributed by atoms with van der Waals surface area (Å²) in [7, 11) is 0. The largest absolute Gasteiger partial charge is 0.481 e. The van der Waals surface area contributed by atoms with Gasteiger partial charge in [-0.2, -0.15) is 11.8 Å². The molecule has 0 spiro atoms. The molecule has 6 heteroatoms. The number of nitrogens with one attached hydrogen (secondary N) is 2. The topological polar surface area (TPSA) is 78.4 Å². The Kier molecular flexibility index (Phi) is 8.57. The number of carboxylic acids is 1. The van der Waals surface area contributed by atoms with Crippen LogP contribution in [0.2, 0.25) is 0 Å². The summed E-state index contributed by atoms with van der Waals surface area (Å²) < 4.78 is 0. The Morgan fingerprint density at radius 3 is 2.33 bits per heavy atom. The summed E-state index contributed by atoms with van der Waals surface area (Å²) >= 11 is 1.80. The molecule has 0 unspecified atom stereocenters. The summed E-state index contributed by atoms with van der Waals surface area (Å²) in [5, 5.41) is 15.1. The van der Waals surface area contributed by atoms with Crippen molar-refractivity contribution >= 4 is 23.8 Å². The van der Waals surface area contributed by atoms with Gasteiger partial charge in [-0.3, -0.25) is 4.79 Å². The van der Waals surface area contributed by atoms with Crippen LogP contribution < -0.4 is 10.6 Å². The quantitative estimate of drug-likeness (QED) is 0.475. The van der Waals surface area contributed by atoms with E-state index in [0.717, 1.165) is 44.3 Å². The Morgan fingerprint density at radius 2 is 1.76 bits per heavy atom. The third-order valence-corrected chi connectivity index (χ3v) is 4.86. The van der Waals surface area contributed by atoms with Gasteiger partial charge in [-0.05, 0) is 37.7 Å². The summed E-state index contributed by atoms with van der Waals surface area (Å²) in [6, 6.07) is -0.246. The smallest absolute Gasteiger partial charge is 0.314 e. The summed E-state index contributed by atoms with van der Waals surface area (Å²) in [4.78, 5) is 23.3. The van der Waals surface area contributed by atoms with Crippen molar-refractivity contribution in [2.24, 2.45) is 5.41 Å². The van der Waals surface area contributed by atoms with Crippen molar-refractivity contribution in [2.75, 3.05) is 25.1 Å². The number of carboxylic acid groups (broad SMARTS) is 1. The third kappa shape index (κ3) is 6.59. The van der Waals surface area contributed by atoms with E-state index >= 15 is 0 Å². The molecule has 122 valence electrons. The molecule has 1 aliphatic carbocycles. The highest BCUT2D eigenvalue weighted by atomic mass is 32.2. The van der Waals surface area contributed by atoms with Crippen LogP contribution in [0.5, 0.6) is 0 Å². The van der Waals surface area contributed by atoms with Crippen molar-refractivity contribution in [1.82, 2.24) is 10.6 Å². The van der Waals surface area contributed by atoms with E-state index < -0.39 is 11.4 Å². The van der Waals surface area contributed by atoms with Crippen LogP contribution in [0.4, 0.5) is 4.79 Å². The minimum Gasteiger partial charge on any atom is -0.481 e. The van der Waals surface area contributed by atoms with E-state index in [9.17, 15) is 14.7 Å². The van der Waals surface area contributed by atoms with E-state index in [0.29, 0.717) is 19.4 Å². The van der Waals surface area contributed by atoms with Gasteiger partial charge in [0.05, 0.1) is 5.41 Å². The Bertz CT molecular complexity index is 329. The summed E-state index contributed by atoms with van der Waals surface area (Å²) in [5.74, 6) is 0.329.